The molecule has 1 rings (SSSR count). The zero-order valence-corrected chi connectivity index (χ0v) is 15.2. The van der Waals surface area contributed by atoms with Crippen LogP contribution in [0.25, 0.3) is 0 Å². The molecule has 8 nitrogen and oxygen atoms in total. The number of carbonyl (C=O) groups excluding carboxylic acids is 4. The number of esters is 2. The number of carbonyl (C=O) groups is 4. The maximum Gasteiger partial charge on any atom is 0.306 e. The van der Waals surface area contributed by atoms with E-state index in [0.29, 0.717) is 0 Å². The van der Waals surface area contributed by atoms with Gasteiger partial charge in [0, 0.05) is 12.8 Å². The van der Waals surface area contributed by atoms with Crippen LogP contribution in [0.3, 0.4) is 0 Å². The molecule has 142 valence electrons. The lowest BCUT2D eigenvalue weighted by atomic mass is 10.2. The fourth-order valence-corrected chi connectivity index (χ4v) is 2.17. The Morgan fingerprint density at radius 2 is 1.52 bits per heavy atom. The molecule has 1 aliphatic heterocycles. The van der Waals surface area contributed by atoms with Gasteiger partial charge in [-0.3, -0.25) is 19.2 Å². The van der Waals surface area contributed by atoms with Gasteiger partial charge in [0.15, 0.2) is 6.10 Å². The van der Waals surface area contributed by atoms with Gasteiger partial charge >= 0.3 is 11.9 Å². The van der Waals surface area contributed by atoms with Crippen LogP contribution in [0.4, 0.5) is 0 Å². The molecule has 0 aliphatic carbocycles. The van der Waals surface area contributed by atoms with Crippen LogP contribution in [0.2, 0.25) is 0 Å². The second kappa shape index (κ2) is 11.4. The number of ether oxygens (including phenoxy) is 4. The highest BCUT2D eigenvalue weighted by Crippen LogP contribution is 2.16. The zero-order chi connectivity index (χ0) is 18.8. The summed E-state index contributed by atoms with van der Waals surface area (Å²) in [6.45, 7) is 2.11. The fourth-order valence-electron chi connectivity index (χ4n) is 1.99. The molecule has 3 atom stereocenters. The molecule has 0 aromatic carbocycles. The first-order valence-electron chi connectivity index (χ1n) is 7.73. The van der Waals surface area contributed by atoms with Crippen molar-refractivity contribution in [2.24, 2.45) is 0 Å². The van der Waals surface area contributed by atoms with Gasteiger partial charge in [-0.1, -0.05) is 0 Å². The van der Waals surface area contributed by atoms with Crippen molar-refractivity contribution in [3.63, 3.8) is 0 Å². The second-order valence-corrected chi connectivity index (χ2v) is 6.29. The van der Waals surface area contributed by atoms with Crippen LogP contribution in [-0.4, -0.2) is 60.6 Å². The molecule has 1 aliphatic rings. The summed E-state index contributed by atoms with van der Waals surface area (Å²) in [5.74, 6) is -1.12. The molecule has 25 heavy (non-hydrogen) atoms. The van der Waals surface area contributed by atoms with Crippen LogP contribution in [0.15, 0.2) is 0 Å². The third kappa shape index (κ3) is 9.74. The molecule has 1 fully saturated rings. The van der Waals surface area contributed by atoms with Gasteiger partial charge in [-0.2, -0.15) is 0 Å². The van der Waals surface area contributed by atoms with Crippen molar-refractivity contribution in [1.29, 1.82) is 0 Å². The Hall–Kier alpha value is -1.22. The summed E-state index contributed by atoms with van der Waals surface area (Å²) < 4.78 is 21.0. The Labute approximate surface area is 155 Å². The van der Waals surface area contributed by atoms with E-state index in [0.717, 1.165) is 0 Å². The minimum Gasteiger partial charge on any atom is -0.460 e. The normalized spacial score (nSPS) is 20.8. The van der Waals surface area contributed by atoms with Gasteiger partial charge in [-0.15, -0.1) is 0 Å². The number of hydrogen-bond acceptors (Lipinski definition) is 8. The van der Waals surface area contributed by atoms with Crippen LogP contribution in [-0.2, 0) is 38.1 Å². The van der Waals surface area contributed by atoms with Crippen LogP contribution in [0.1, 0.15) is 32.6 Å². The molecular weight excluding hydrogens is 379 g/mol. The Balaban J connectivity index is 2.30. The van der Waals surface area contributed by atoms with Crippen molar-refractivity contribution in [2.75, 3.05) is 19.8 Å². The first-order valence-corrected chi connectivity index (χ1v) is 8.48. The Kier molecular flexibility index (Phi) is 9.96. The third-order valence-electron chi connectivity index (χ3n) is 3.19. The Bertz CT molecular complexity index is 496. The van der Waals surface area contributed by atoms with Gasteiger partial charge in [0.05, 0.1) is 32.7 Å². The van der Waals surface area contributed by atoms with E-state index >= 15 is 0 Å². The van der Waals surface area contributed by atoms with Crippen molar-refractivity contribution >= 4 is 45.6 Å². The first kappa shape index (κ1) is 21.8. The standard InChI is InChI=1S/C15H20Cl2O8/c1-9(24-14(20)4-2-12(16)18)6-23-10-7-22-8-11(10)25-15(21)5-3-13(17)19/h9-11H,2-8H2,1H3. The third-order valence-corrected chi connectivity index (χ3v) is 3.57. The summed E-state index contributed by atoms with van der Waals surface area (Å²) in [4.78, 5) is 44.3. The van der Waals surface area contributed by atoms with Gasteiger partial charge in [0.25, 0.3) is 0 Å². The topological polar surface area (TPSA) is 105 Å². The summed E-state index contributed by atoms with van der Waals surface area (Å²) in [6.07, 6.45) is -2.05. The van der Waals surface area contributed by atoms with E-state index in [1.165, 1.54) is 0 Å². The molecule has 0 aromatic rings. The molecule has 1 saturated heterocycles. The average molecular weight is 399 g/mol. The van der Waals surface area contributed by atoms with E-state index in [4.69, 9.17) is 42.1 Å². The van der Waals surface area contributed by atoms with E-state index in [2.05, 4.69) is 0 Å². The Morgan fingerprint density at radius 1 is 0.960 bits per heavy atom. The summed E-state index contributed by atoms with van der Waals surface area (Å²) in [5.41, 5.74) is 0. The molecule has 0 amide bonds. The van der Waals surface area contributed by atoms with Crippen LogP contribution < -0.4 is 0 Å². The number of halogens is 2. The molecule has 10 heteroatoms. The van der Waals surface area contributed by atoms with Gasteiger partial charge in [-0.25, -0.2) is 0 Å². The molecule has 0 N–H and O–H groups in total. The minimum atomic E-state index is -0.612. The average Bonchev–Trinajstić information content (AvgIpc) is 2.96. The smallest absolute Gasteiger partial charge is 0.306 e. The molecule has 0 spiro atoms. The van der Waals surface area contributed by atoms with Crippen LogP contribution in [0.5, 0.6) is 0 Å². The lowest BCUT2D eigenvalue weighted by Gasteiger charge is -2.21. The van der Waals surface area contributed by atoms with E-state index in [1.807, 2.05) is 0 Å². The molecule has 0 aromatic heterocycles. The Morgan fingerprint density at radius 3 is 2.12 bits per heavy atom. The van der Waals surface area contributed by atoms with Gasteiger partial charge in [0.1, 0.15) is 12.2 Å². The van der Waals surface area contributed by atoms with Crippen molar-refractivity contribution in [3.8, 4) is 0 Å². The molecule has 0 bridgehead atoms. The molecular formula is C15H20Cl2O8. The number of rotatable bonds is 11. The largest absolute Gasteiger partial charge is 0.460 e. The molecule has 1 heterocycles. The summed E-state index contributed by atoms with van der Waals surface area (Å²) in [5, 5.41) is -1.22. The van der Waals surface area contributed by atoms with Crippen molar-refractivity contribution < 1.29 is 38.1 Å². The van der Waals surface area contributed by atoms with E-state index in [9.17, 15) is 19.2 Å². The van der Waals surface area contributed by atoms with E-state index in [-0.39, 0.29) is 45.5 Å². The summed E-state index contributed by atoms with van der Waals surface area (Å²) in [6, 6.07) is 0. The lowest BCUT2D eigenvalue weighted by molar-refractivity contribution is -0.159. The zero-order valence-electron chi connectivity index (χ0n) is 13.7. The summed E-state index contributed by atoms with van der Waals surface area (Å²) >= 11 is 10.3. The second-order valence-electron chi connectivity index (χ2n) is 5.45. The molecule has 3 unspecified atom stereocenters. The maximum absolute atomic E-state index is 11.6. The van der Waals surface area contributed by atoms with E-state index < -0.39 is 40.7 Å². The predicted molar refractivity (Wildman–Crippen MR) is 86.2 cm³/mol. The van der Waals surface area contributed by atoms with Gasteiger partial charge < -0.3 is 18.9 Å². The van der Waals surface area contributed by atoms with Gasteiger partial charge in [0.2, 0.25) is 10.5 Å². The van der Waals surface area contributed by atoms with Crippen LogP contribution in [0, 0.1) is 0 Å². The van der Waals surface area contributed by atoms with Crippen LogP contribution >= 0.6 is 23.2 Å². The minimum absolute atomic E-state index is 0.0722. The van der Waals surface area contributed by atoms with Crippen molar-refractivity contribution in [3.05, 3.63) is 0 Å². The monoisotopic (exact) mass is 398 g/mol. The van der Waals surface area contributed by atoms with Gasteiger partial charge in [-0.05, 0) is 30.1 Å². The highest BCUT2D eigenvalue weighted by atomic mass is 35.5. The maximum atomic E-state index is 11.6. The highest BCUT2D eigenvalue weighted by Gasteiger charge is 2.33. The first-order chi connectivity index (χ1) is 11.8. The van der Waals surface area contributed by atoms with E-state index in [1.54, 1.807) is 6.92 Å². The molecule has 0 radical (unpaired) electrons. The number of hydrogen-bond donors (Lipinski definition) is 0. The fraction of sp³-hybridized carbons (Fsp3) is 0.733. The highest BCUT2D eigenvalue weighted by molar-refractivity contribution is 6.63. The predicted octanol–water partition coefficient (Wildman–Crippen LogP) is 1.34. The van der Waals surface area contributed by atoms with Crippen molar-refractivity contribution in [1.82, 2.24) is 0 Å². The van der Waals surface area contributed by atoms with Crippen molar-refractivity contribution in [2.45, 2.75) is 50.9 Å². The quantitative estimate of drug-likeness (QED) is 0.379. The molecule has 0 saturated carbocycles. The SMILES string of the molecule is CC(COC1COCC1OC(=O)CCC(=O)Cl)OC(=O)CCC(=O)Cl. The summed E-state index contributed by atoms with van der Waals surface area (Å²) in [7, 11) is 0. The lowest BCUT2D eigenvalue weighted by Crippen LogP contribution is -2.34.